The lowest BCUT2D eigenvalue weighted by Gasteiger charge is -2.03. The van der Waals surface area contributed by atoms with Crippen molar-refractivity contribution in [2.24, 2.45) is 0 Å². The second kappa shape index (κ2) is 18.5. The molecule has 0 saturated carbocycles. The zero-order chi connectivity index (χ0) is 19.4. The molecule has 0 unspecified atom stereocenters. The van der Waals surface area contributed by atoms with Crippen LogP contribution in [0, 0.1) is 0 Å². The van der Waals surface area contributed by atoms with Crippen LogP contribution in [-0.4, -0.2) is 0 Å². The highest BCUT2D eigenvalue weighted by atomic mass is 14.9. The van der Waals surface area contributed by atoms with Crippen molar-refractivity contribution in [2.45, 2.75) is 136 Å². The Balaban J connectivity index is 1.94. The van der Waals surface area contributed by atoms with E-state index in [9.17, 15) is 0 Å². The quantitative estimate of drug-likeness (QED) is 0.170. The number of unbranched alkanes of at least 4 members (excludes halogenated alkanes) is 15. The minimum Gasteiger partial charge on any atom is -0.205 e. The van der Waals surface area contributed by atoms with E-state index in [1.54, 1.807) is 0 Å². The van der Waals surface area contributed by atoms with Gasteiger partial charge in [-0.2, -0.15) is 0 Å². The molecule has 0 bridgehead atoms. The SMILES string of the molecule is CCCCCCCCCCCCCc1cc[n+](CCCCCCCC)cc1. The third kappa shape index (κ3) is 14.8. The van der Waals surface area contributed by atoms with Crippen LogP contribution in [0.3, 0.4) is 0 Å². The number of aromatic nitrogens is 1. The number of rotatable bonds is 19. The standard InChI is InChI=1S/C26H48N/c1-3-5-7-9-11-12-13-14-15-16-18-20-26-21-24-27(25-22-26)23-19-17-10-8-6-4-2/h21-22,24-25H,3-20,23H2,1-2H3/q+1. The fourth-order valence-electron chi connectivity index (χ4n) is 3.87. The van der Waals surface area contributed by atoms with Gasteiger partial charge in [0.15, 0.2) is 12.4 Å². The Morgan fingerprint density at radius 3 is 1.41 bits per heavy atom. The fourth-order valence-corrected chi connectivity index (χ4v) is 3.87. The molecule has 0 aliphatic carbocycles. The molecule has 0 fully saturated rings. The average molecular weight is 375 g/mol. The fraction of sp³-hybridized carbons (Fsp3) is 0.808. The summed E-state index contributed by atoms with van der Waals surface area (Å²) in [6.45, 7) is 5.77. The van der Waals surface area contributed by atoms with Crippen molar-refractivity contribution >= 4 is 0 Å². The number of pyridine rings is 1. The molecule has 0 radical (unpaired) electrons. The van der Waals surface area contributed by atoms with Crippen molar-refractivity contribution in [3.8, 4) is 0 Å². The molecule has 1 nitrogen and oxygen atoms in total. The summed E-state index contributed by atoms with van der Waals surface area (Å²) in [6, 6.07) is 4.68. The molecule has 0 saturated heterocycles. The summed E-state index contributed by atoms with van der Waals surface area (Å²) in [5, 5.41) is 0. The van der Waals surface area contributed by atoms with Crippen LogP contribution in [0.25, 0.3) is 0 Å². The lowest BCUT2D eigenvalue weighted by Crippen LogP contribution is -2.32. The van der Waals surface area contributed by atoms with Gasteiger partial charge in [0.05, 0.1) is 0 Å². The predicted octanol–water partition coefficient (Wildman–Crippen LogP) is 8.19. The number of hydrogen-bond donors (Lipinski definition) is 0. The summed E-state index contributed by atoms with van der Waals surface area (Å²) in [7, 11) is 0. The van der Waals surface area contributed by atoms with Crippen LogP contribution in [0.2, 0.25) is 0 Å². The molecule has 1 heteroatoms. The zero-order valence-corrected chi connectivity index (χ0v) is 18.7. The predicted molar refractivity (Wildman–Crippen MR) is 120 cm³/mol. The van der Waals surface area contributed by atoms with E-state index < -0.39 is 0 Å². The maximum Gasteiger partial charge on any atom is 0.169 e. The topological polar surface area (TPSA) is 3.88 Å². The highest BCUT2D eigenvalue weighted by Crippen LogP contribution is 2.12. The molecule has 0 aliphatic heterocycles. The second-order valence-corrected chi connectivity index (χ2v) is 8.50. The maximum absolute atomic E-state index is 2.36. The van der Waals surface area contributed by atoms with E-state index in [1.165, 1.54) is 128 Å². The van der Waals surface area contributed by atoms with Gasteiger partial charge in [-0.1, -0.05) is 104 Å². The summed E-state index contributed by atoms with van der Waals surface area (Å²) in [5.41, 5.74) is 1.52. The van der Waals surface area contributed by atoms with Gasteiger partial charge in [0.2, 0.25) is 0 Å². The third-order valence-electron chi connectivity index (χ3n) is 5.80. The molecule has 1 aromatic rings. The summed E-state index contributed by atoms with van der Waals surface area (Å²) < 4.78 is 2.36. The monoisotopic (exact) mass is 374 g/mol. The van der Waals surface area contributed by atoms with E-state index in [4.69, 9.17) is 0 Å². The Bertz CT molecular complexity index is 409. The van der Waals surface area contributed by atoms with Crippen LogP contribution >= 0.6 is 0 Å². The van der Waals surface area contributed by atoms with Crippen molar-refractivity contribution in [3.05, 3.63) is 30.1 Å². The number of nitrogens with zero attached hydrogens (tertiary/aromatic N) is 1. The summed E-state index contributed by atoms with van der Waals surface area (Å²) in [6.07, 6.45) is 29.8. The van der Waals surface area contributed by atoms with Crippen molar-refractivity contribution in [1.82, 2.24) is 0 Å². The van der Waals surface area contributed by atoms with Crippen molar-refractivity contribution in [1.29, 1.82) is 0 Å². The summed E-state index contributed by atoms with van der Waals surface area (Å²) in [5.74, 6) is 0. The molecule has 0 aliphatic rings. The molecule has 1 heterocycles. The van der Waals surface area contributed by atoms with Crippen molar-refractivity contribution in [2.75, 3.05) is 0 Å². The van der Waals surface area contributed by atoms with Gasteiger partial charge in [0.1, 0.15) is 6.54 Å². The minimum atomic E-state index is 1.19. The molecule has 1 rings (SSSR count). The van der Waals surface area contributed by atoms with Crippen LogP contribution in [0.4, 0.5) is 0 Å². The average Bonchev–Trinajstić information content (AvgIpc) is 2.70. The van der Waals surface area contributed by atoms with E-state index in [-0.39, 0.29) is 0 Å². The van der Waals surface area contributed by atoms with Gasteiger partial charge in [-0.15, -0.1) is 0 Å². The van der Waals surface area contributed by atoms with Gasteiger partial charge in [0, 0.05) is 18.6 Å². The Morgan fingerprint density at radius 1 is 0.519 bits per heavy atom. The van der Waals surface area contributed by atoms with E-state index in [0.29, 0.717) is 0 Å². The van der Waals surface area contributed by atoms with Gasteiger partial charge < -0.3 is 0 Å². The van der Waals surface area contributed by atoms with Gasteiger partial charge in [-0.3, -0.25) is 0 Å². The highest BCUT2D eigenvalue weighted by molar-refractivity contribution is 5.07. The largest absolute Gasteiger partial charge is 0.205 e. The van der Waals surface area contributed by atoms with E-state index >= 15 is 0 Å². The first-order chi connectivity index (χ1) is 13.4. The molecule has 0 N–H and O–H groups in total. The van der Waals surface area contributed by atoms with Crippen LogP contribution in [0.15, 0.2) is 24.5 Å². The number of aryl methyl sites for hydroxylation is 2. The second-order valence-electron chi connectivity index (χ2n) is 8.50. The van der Waals surface area contributed by atoms with Crippen LogP contribution in [0.1, 0.15) is 129 Å². The van der Waals surface area contributed by atoms with E-state index in [0.717, 1.165) is 0 Å². The smallest absolute Gasteiger partial charge is 0.169 e. The van der Waals surface area contributed by atoms with Crippen molar-refractivity contribution < 1.29 is 4.57 Å². The van der Waals surface area contributed by atoms with Crippen LogP contribution in [-0.2, 0) is 13.0 Å². The summed E-state index contributed by atoms with van der Waals surface area (Å²) in [4.78, 5) is 0. The molecule has 1 aromatic heterocycles. The molecule has 0 aromatic carbocycles. The normalized spacial score (nSPS) is 11.2. The van der Waals surface area contributed by atoms with Crippen LogP contribution in [0.5, 0.6) is 0 Å². The lowest BCUT2D eigenvalue weighted by molar-refractivity contribution is -0.697. The van der Waals surface area contributed by atoms with Gasteiger partial charge in [0.25, 0.3) is 0 Å². The van der Waals surface area contributed by atoms with E-state index in [1.807, 2.05) is 0 Å². The molecule has 156 valence electrons. The first kappa shape index (κ1) is 24.2. The van der Waals surface area contributed by atoms with Crippen LogP contribution < -0.4 is 4.57 Å². The summed E-state index contributed by atoms with van der Waals surface area (Å²) >= 11 is 0. The molecular weight excluding hydrogens is 326 g/mol. The first-order valence-corrected chi connectivity index (χ1v) is 12.3. The Hall–Kier alpha value is -0.850. The Kier molecular flexibility index (Phi) is 16.6. The van der Waals surface area contributed by atoms with Gasteiger partial charge in [-0.05, 0) is 24.8 Å². The highest BCUT2D eigenvalue weighted by Gasteiger charge is 2.01. The van der Waals surface area contributed by atoms with E-state index in [2.05, 4.69) is 42.9 Å². The number of hydrogen-bond acceptors (Lipinski definition) is 0. The molecule has 0 amide bonds. The van der Waals surface area contributed by atoms with Crippen molar-refractivity contribution in [3.63, 3.8) is 0 Å². The maximum atomic E-state index is 2.36. The zero-order valence-electron chi connectivity index (χ0n) is 18.7. The molecule has 27 heavy (non-hydrogen) atoms. The van der Waals surface area contributed by atoms with Gasteiger partial charge >= 0.3 is 0 Å². The first-order valence-electron chi connectivity index (χ1n) is 12.3. The van der Waals surface area contributed by atoms with Gasteiger partial charge in [-0.25, -0.2) is 4.57 Å². The lowest BCUT2D eigenvalue weighted by atomic mass is 10.0. The Labute approximate surface area is 171 Å². The molecule has 0 atom stereocenters. The minimum absolute atomic E-state index is 1.19. The Morgan fingerprint density at radius 2 is 0.926 bits per heavy atom. The molecular formula is C26H48N+. The molecule has 0 spiro atoms. The third-order valence-corrected chi connectivity index (χ3v) is 5.80.